The molecule has 0 atom stereocenters. The zero-order chi connectivity index (χ0) is 21.5. The predicted molar refractivity (Wildman–Crippen MR) is 121 cm³/mol. The molecule has 0 fully saturated rings. The first-order chi connectivity index (χ1) is 15.2. The van der Waals surface area contributed by atoms with Crippen molar-refractivity contribution < 1.29 is 14.3 Å². The summed E-state index contributed by atoms with van der Waals surface area (Å²) in [7, 11) is 0. The second kappa shape index (κ2) is 9.90. The van der Waals surface area contributed by atoms with E-state index in [2.05, 4.69) is 18.2 Å². The lowest BCUT2D eigenvalue weighted by Gasteiger charge is -2.27. The maximum absolute atomic E-state index is 13.0. The van der Waals surface area contributed by atoms with Crippen LogP contribution in [0.4, 0.5) is 0 Å². The van der Waals surface area contributed by atoms with Crippen LogP contribution in [0.2, 0.25) is 0 Å². The quantitative estimate of drug-likeness (QED) is 0.554. The summed E-state index contributed by atoms with van der Waals surface area (Å²) in [5.41, 5.74) is 4.13. The summed E-state index contributed by atoms with van der Waals surface area (Å²) in [5, 5.41) is 0. The molecule has 0 N–H and O–H groups in total. The van der Waals surface area contributed by atoms with Crippen LogP contribution in [-0.4, -0.2) is 36.5 Å². The van der Waals surface area contributed by atoms with Crippen LogP contribution in [-0.2, 0) is 14.3 Å². The second-order valence-electron chi connectivity index (χ2n) is 7.55. The van der Waals surface area contributed by atoms with Crippen molar-refractivity contribution in [2.45, 2.75) is 12.3 Å². The monoisotopic (exact) mass is 411 g/mol. The summed E-state index contributed by atoms with van der Waals surface area (Å²) in [6, 6.07) is 29.2. The number of carbonyl (C=O) groups is 2. The Morgan fingerprint density at radius 2 is 1.35 bits per heavy atom. The van der Waals surface area contributed by atoms with Gasteiger partial charge in [0.15, 0.2) is 6.61 Å². The van der Waals surface area contributed by atoms with E-state index in [0.29, 0.717) is 13.1 Å². The second-order valence-corrected chi connectivity index (χ2v) is 7.55. The van der Waals surface area contributed by atoms with Crippen molar-refractivity contribution in [2.24, 2.45) is 0 Å². The number of hydrogen-bond donors (Lipinski definition) is 0. The van der Waals surface area contributed by atoms with Crippen LogP contribution < -0.4 is 0 Å². The molecule has 0 bridgehead atoms. The molecule has 0 aromatic heterocycles. The minimum atomic E-state index is -0.555. The first kappa shape index (κ1) is 20.6. The Labute approximate surface area is 182 Å². The van der Waals surface area contributed by atoms with Crippen LogP contribution >= 0.6 is 0 Å². The molecule has 0 aliphatic carbocycles. The highest BCUT2D eigenvalue weighted by molar-refractivity contribution is 5.86. The van der Waals surface area contributed by atoms with Gasteiger partial charge in [-0.15, -0.1) is 0 Å². The third-order valence-electron chi connectivity index (χ3n) is 5.55. The highest BCUT2D eigenvalue weighted by Gasteiger charge is 2.26. The minimum absolute atomic E-state index is 0.170. The Morgan fingerprint density at radius 3 is 1.87 bits per heavy atom. The number of amides is 1. The molecule has 0 saturated carbocycles. The number of carbonyl (C=O) groups excluding carboxylic acids is 2. The molecule has 4 nitrogen and oxygen atoms in total. The van der Waals surface area contributed by atoms with Crippen LogP contribution in [0.1, 0.15) is 29.0 Å². The molecule has 0 unspecified atom stereocenters. The maximum atomic E-state index is 13.0. The standard InChI is InChI=1S/C27H25NO3/c29-25(28-18-16-22(17-19-28)21-10-4-1-5-11-21)20-31-27(30)26(23-12-6-2-7-13-23)24-14-8-3-9-15-24/h1-16,26H,17-20H2. The summed E-state index contributed by atoms with van der Waals surface area (Å²) >= 11 is 0. The van der Waals surface area contributed by atoms with E-state index in [4.69, 9.17) is 4.74 Å². The van der Waals surface area contributed by atoms with Crippen molar-refractivity contribution in [2.75, 3.05) is 19.7 Å². The molecule has 0 spiro atoms. The van der Waals surface area contributed by atoms with Gasteiger partial charge in [0, 0.05) is 13.1 Å². The molecule has 1 aliphatic rings. The Bertz CT molecular complexity index is 1010. The lowest BCUT2D eigenvalue weighted by atomic mass is 9.91. The molecule has 1 amide bonds. The van der Waals surface area contributed by atoms with Crippen molar-refractivity contribution in [1.29, 1.82) is 0 Å². The molecule has 0 radical (unpaired) electrons. The predicted octanol–water partition coefficient (Wildman–Crippen LogP) is 4.68. The normalized spacial score (nSPS) is 13.6. The summed E-state index contributed by atoms with van der Waals surface area (Å²) < 4.78 is 5.49. The molecule has 1 aliphatic heterocycles. The van der Waals surface area contributed by atoms with Gasteiger partial charge in [0.25, 0.3) is 5.91 Å². The van der Waals surface area contributed by atoms with Gasteiger partial charge >= 0.3 is 5.97 Å². The fraction of sp³-hybridized carbons (Fsp3) is 0.185. The van der Waals surface area contributed by atoms with Crippen molar-refractivity contribution >= 4 is 17.4 Å². The van der Waals surface area contributed by atoms with Gasteiger partial charge in [-0.3, -0.25) is 9.59 Å². The van der Waals surface area contributed by atoms with E-state index in [9.17, 15) is 9.59 Å². The molecular weight excluding hydrogens is 386 g/mol. The van der Waals surface area contributed by atoms with Gasteiger partial charge in [-0.05, 0) is 28.7 Å². The van der Waals surface area contributed by atoms with Crippen LogP contribution in [0.3, 0.4) is 0 Å². The van der Waals surface area contributed by atoms with Gasteiger partial charge < -0.3 is 9.64 Å². The van der Waals surface area contributed by atoms with Gasteiger partial charge in [-0.1, -0.05) is 97.1 Å². The maximum Gasteiger partial charge on any atom is 0.318 e. The average molecular weight is 412 g/mol. The van der Waals surface area contributed by atoms with Crippen LogP contribution in [0.25, 0.3) is 5.57 Å². The molecular formula is C27H25NO3. The minimum Gasteiger partial charge on any atom is -0.455 e. The Morgan fingerprint density at radius 1 is 0.806 bits per heavy atom. The summed E-state index contributed by atoms with van der Waals surface area (Å²) in [6.45, 7) is 0.906. The zero-order valence-electron chi connectivity index (χ0n) is 17.3. The Balaban J connectivity index is 1.39. The number of hydrogen-bond acceptors (Lipinski definition) is 3. The van der Waals surface area contributed by atoms with Crippen molar-refractivity contribution in [3.05, 3.63) is 114 Å². The molecule has 31 heavy (non-hydrogen) atoms. The van der Waals surface area contributed by atoms with E-state index < -0.39 is 11.9 Å². The van der Waals surface area contributed by atoms with Gasteiger partial charge in [0.05, 0.1) is 0 Å². The van der Waals surface area contributed by atoms with Gasteiger partial charge in [0.2, 0.25) is 0 Å². The number of rotatable bonds is 6. The lowest BCUT2D eigenvalue weighted by Crippen LogP contribution is -2.38. The van der Waals surface area contributed by atoms with Crippen LogP contribution in [0.5, 0.6) is 0 Å². The third-order valence-corrected chi connectivity index (χ3v) is 5.55. The fourth-order valence-corrected chi connectivity index (χ4v) is 3.87. The number of benzene rings is 3. The molecule has 4 rings (SSSR count). The number of nitrogens with zero attached hydrogens (tertiary/aromatic N) is 1. The zero-order valence-corrected chi connectivity index (χ0v) is 17.3. The van der Waals surface area contributed by atoms with E-state index >= 15 is 0 Å². The lowest BCUT2D eigenvalue weighted by molar-refractivity contribution is -0.152. The molecule has 4 heteroatoms. The SMILES string of the molecule is O=C(OCC(=O)N1CC=C(c2ccccc2)CC1)C(c1ccccc1)c1ccccc1. The summed E-state index contributed by atoms with van der Waals surface area (Å²) in [6.07, 6.45) is 2.87. The Hall–Kier alpha value is -3.66. The van der Waals surface area contributed by atoms with E-state index in [1.54, 1.807) is 4.90 Å². The van der Waals surface area contributed by atoms with E-state index in [1.807, 2.05) is 78.9 Å². The van der Waals surface area contributed by atoms with Crippen LogP contribution in [0, 0.1) is 0 Å². The van der Waals surface area contributed by atoms with Crippen molar-refractivity contribution in [3.8, 4) is 0 Å². The fourth-order valence-electron chi connectivity index (χ4n) is 3.87. The summed E-state index contributed by atoms with van der Waals surface area (Å²) in [5.74, 6) is -1.14. The number of ether oxygens (including phenoxy) is 1. The van der Waals surface area contributed by atoms with Crippen molar-refractivity contribution in [1.82, 2.24) is 4.90 Å². The highest BCUT2D eigenvalue weighted by atomic mass is 16.5. The number of esters is 1. The largest absolute Gasteiger partial charge is 0.455 e. The van der Waals surface area contributed by atoms with Gasteiger partial charge in [-0.25, -0.2) is 0 Å². The Kier molecular flexibility index (Phi) is 6.58. The molecule has 1 heterocycles. The van der Waals surface area contributed by atoms with Gasteiger partial charge in [-0.2, -0.15) is 0 Å². The molecule has 156 valence electrons. The first-order valence-corrected chi connectivity index (χ1v) is 10.5. The first-order valence-electron chi connectivity index (χ1n) is 10.5. The molecule has 0 saturated heterocycles. The van der Waals surface area contributed by atoms with Gasteiger partial charge in [0.1, 0.15) is 5.92 Å². The smallest absolute Gasteiger partial charge is 0.318 e. The van der Waals surface area contributed by atoms with Crippen LogP contribution in [0.15, 0.2) is 97.1 Å². The van der Waals surface area contributed by atoms with E-state index in [1.165, 1.54) is 11.1 Å². The highest BCUT2D eigenvalue weighted by Crippen LogP contribution is 2.26. The molecule has 3 aromatic rings. The molecule has 3 aromatic carbocycles. The topological polar surface area (TPSA) is 46.6 Å². The summed E-state index contributed by atoms with van der Waals surface area (Å²) in [4.78, 5) is 27.4. The van der Waals surface area contributed by atoms with E-state index in [-0.39, 0.29) is 12.5 Å². The average Bonchev–Trinajstić information content (AvgIpc) is 2.85. The van der Waals surface area contributed by atoms with Crippen molar-refractivity contribution in [3.63, 3.8) is 0 Å². The third kappa shape index (κ3) is 5.10. The van der Waals surface area contributed by atoms with E-state index in [0.717, 1.165) is 17.5 Å².